The molecule has 2 N–H and O–H groups in total. The molecule has 2 heterocycles. The van der Waals surface area contributed by atoms with E-state index in [1.807, 2.05) is 13.8 Å². The second-order valence-corrected chi connectivity index (χ2v) is 6.04. The first-order valence-corrected chi connectivity index (χ1v) is 7.23. The molecule has 0 spiro atoms. The molecular weight excluding hydrogens is 286 g/mol. The number of aryl methyl sites for hydroxylation is 2. The molecule has 8 heteroatoms. The van der Waals surface area contributed by atoms with Crippen molar-refractivity contribution in [3.63, 3.8) is 0 Å². The van der Waals surface area contributed by atoms with Crippen LogP contribution in [0.3, 0.4) is 0 Å². The Kier molecular flexibility index (Phi) is 3.81. The molecule has 0 saturated heterocycles. The lowest BCUT2D eigenvalue weighted by Crippen LogP contribution is -2.30. The zero-order valence-electron chi connectivity index (χ0n) is 10.7. The van der Waals surface area contributed by atoms with Gasteiger partial charge in [-0.3, -0.25) is 9.59 Å². The van der Waals surface area contributed by atoms with Crippen molar-refractivity contribution in [1.82, 2.24) is 9.66 Å². The predicted octanol–water partition coefficient (Wildman–Crippen LogP) is 1.05. The van der Waals surface area contributed by atoms with Gasteiger partial charge in [-0.1, -0.05) is 11.8 Å². The molecule has 0 aliphatic carbocycles. The average Bonchev–Trinajstić information content (AvgIpc) is 2.67. The summed E-state index contributed by atoms with van der Waals surface area (Å²) in [6, 6.07) is 0. The monoisotopic (exact) mass is 299 g/mol. The summed E-state index contributed by atoms with van der Waals surface area (Å²) in [4.78, 5) is 29.3. The first-order chi connectivity index (χ1) is 8.95. The van der Waals surface area contributed by atoms with Gasteiger partial charge in [-0.05, 0) is 19.4 Å². The number of nitrogens with zero attached hydrogens (tertiary/aromatic N) is 2. The highest BCUT2D eigenvalue weighted by molar-refractivity contribution is 7.99. The van der Waals surface area contributed by atoms with E-state index in [0.717, 1.165) is 26.9 Å². The van der Waals surface area contributed by atoms with E-state index in [2.05, 4.69) is 9.72 Å². The zero-order chi connectivity index (χ0) is 14.2. The van der Waals surface area contributed by atoms with Crippen molar-refractivity contribution >= 4 is 39.3 Å². The van der Waals surface area contributed by atoms with Crippen LogP contribution in [-0.2, 0) is 9.53 Å². The minimum Gasteiger partial charge on any atom is -0.468 e. The van der Waals surface area contributed by atoms with E-state index < -0.39 is 5.97 Å². The molecule has 0 atom stereocenters. The van der Waals surface area contributed by atoms with E-state index in [4.69, 9.17) is 5.84 Å². The van der Waals surface area contributed by atoms with Gasteiger partial charge in [0.2, 0.25) is 0 Å². The number of thioether (sulfide) groups is 1. The normalized spacial score (nSPS) is 10.9. The van der Waals surface area contributed by atoms with Crippen LogP contribution in [-0.4, -0.2) is 28.5 Å². The second-order valence-electron chi connectivity index (χ2n) is 3.90. The molecule has 102 valence electrons. The minimum absolute atomic E-state index is 0.0645. The summed E-state index contributed by atoms with van der Waals surface area (Å²) in [5, 5.41) is 0.858. The average molecular weight is 299 g/mol. The predicted molar refractivity (Wildman–Crippen MR) is 76.2 cm³/mol. The van der Waals surface area contributed by atoms with E-state index in [9.17, 15) is 9.59 Å². The van der Waals surface area contributed by atoms with Gasteiger partial charge in [0.1, 0.15) is 4.83 Å². The first kappa shape index (κ1) is 13.9. The first-order valence-electron chi connectivity index (χ1n) is 5.43. The Balaban J connectivity index is 2.49. The Labute approximate surface area is 117 Å². The van der Waals surface area contributed by atoms with Crippen LogP contribution in [0.15, 0.2) is 9.95 Å². The third kappa shape index (κ3) is 2.45. The molecule has 0 amide bonds. The summed E-state index contributed by atoms with van der Waals surface area (Å²) in [7, 11) is 1.31. The molecule has 0 radical (unpaired) electrons. The summed E-state index contributed by atoms with van der Waals surface area (Å²) in [6.45, 7) is 3.81. The molecule has 0 bridgehead atoms. The summed E-state index contributed by atoms with van der Waals surface area (Å²) < 4.78 is 5.52. The van der Waals surface area contributed by atoms with Crippen LogP contribution < -0.4 is 11.4 Å². The van der Waals surface area contributed by atoms with Crippen molar-refractivity contribution in [2.45, 2.75) is 19.0 Å². The number of hydrogen-bond acceptors (Lipinski definition) is 7. The van der Waals surface area contributed by atoms with Crippen LogP contribution in [0.25, 0.3) is 10.2 Å². The maximum Gasteiger partial charge on any atom is 0.316 e. The number of esters is 1. The zero-order valence-corrected chi connectivity index (χ0v) is 12.4. The Morgan fingerprint density at radius 3 is 2.84 bits per heavy atom. The van der Waals surface area contributed by atoms with Crippen LogP contribution in [0.5, 0.6) is 0 Å². The molecule has 2 aromatic heterocycles. The summed E-state index contributed by atoms with van der Waals surface area (Å²) in [5.41, 5.74) is 0.612. The molecule has 0 aliphatic rings. The summed E-state index contributed by atoms with van der Waals surface area (Å²) in [6.07, 6.45) is 0. The van der Waals surface area contributed by atoms with Gasteiger partial charge in [0.05, 0.1) is 18.2 Å². The molecule has 19 heavy (non-hydrogen) atoms. The molecule has 2 rings (SSSR count). The largest absolute Gasteiger partial charge is 0.468 e. The quantitative estimate of drug-likeness (QED) is 0.394. The molecule has 2 aromatic rings. The Hall–Kier alpha value is -1.54. The SMILES string of the molecule is COC(=O)CSc1nc2sc(C)c(C)c2c(=O)n1N. The minimum atomic E-state index is -0.391. The highest BCUT2D eigenvalue weighted by Crippen LogP contribution is 2.27. The summed E-state index contributed by atoms with van der Waals surface area (Å²) >= 11 is 2.53. The van der Waals surface area contributed by atoms with E-state index in [1.54, 1.807) is 0 Å². The van der Waals surface area contributed by atoms with Gasteiger partial charge in [0.15, 0.2) is 5.16 Å². The Morgan fingerprint density at radius 1 is 1.53 bits per heavy atom. The van der Waals surface area contributed by atoms with Crippen molar-refractivity contribution in [2.75, 3.05) is 18.7 Å². The smallest absolute Gasteiger partial charge is 0.316 e. The number of hydrogen-bond donors (Lipinski definition) is 1. The summed E-state index contributed by atoms with van der Waals surface area (Å²) in [5.74, 6) is 5.40. The van der Waals surface area contributed by atoms with Crippen molar-refractivity contribution in [3.8, 4) is 0 Å². The van der Waals surface area contributed by atoms with Gasteiger partial charge in [0.25, 0.3) is 5.56 Å². The highest BCUT2D eigenvalue weighted by atomic mass is 32.2. The van der Waals surface area contributed by atoms with Crippen LogP contribution in [0.1, 0.15) is 10.4 Å². The number of carbonyl (C=O) groups is 1. The van der Waals surface area contributed by atoms with Crippen molar-refractivity contribution in [3.05, 3.63) is 20.8 Å². The molecule has 0 aromatic carbocycles. The third-order valence-electron chi connectivity index (χ3n) is 2.75. The number of nitrogen functional groups attached to an aromatic ring is 1. The van der Waals surface area contributed by atoms with Gasteiger partial charge in [-0.2, -0.15) is 0 Å². The number of carbonyl (C=O) groups excluding carboxylic acids is 1. The van der Waals surface area contributed by atoms with E-state index >= 15 is 0 Å². The highest BCUT2D eigenvalue weighted by Gasteiger charge is 2.16. The Morgan fingerprint density at radius 2 is 2.21 bits per heavy atom. The van der Waals surface area contributed by atoms with Crippen LogP contribution in [0, 0.1) is 13.8 Å². The number of aromatic nitrogens is 2. The lowest BCUT2D eigenvalue weighted by atomic mass is 10.2. The molecular formula is C11H13N3O3S2. The second kappa shape index (κ2) is 5.22. The standard InChI is InChI=1S/C11H13N3O3S2/c1-5-6(2)19-9-8(5)10(16)14(12)11(13-9)18-4-7(15)17-3/h4,12H2,1-3H3. The number of fused-ring (bicyclic) bond motifs is 1. The fourth-order valence-corrected chi connectivity index (χ4v) is 3.39. The van der Waals surface area contributed by atoms with Gasteiger partial charge >= 0.3 is 5.97 Å². The number of thiophene rings is 1. The van der Waals surface area contributed by atoms with Crippen LogP contribution >= 0.6 is 23.1 Å². The molecule has 6 nitrogen and oxygen atoms in total. The lowest BCUT2D eigenvalue weighted by molar-refractivity contribution is -0.137. The van der Waals surface area contributed by atoms with Crippen LogP contribution in [0.2, 0.25) is 0 Å². The van der Waals surface area contributed by atoms with E-state index in [-0.39, 0.29) is 11.3 Å². The molecule has 0 saturated carbocycles. The van der Waals surface area contributed by atoms with Gasteiger partial charge < -0.3 is 10.6 Å². The van der Waals surface area contributed by atoms with Gasteiger partial charge in [-0.25, -0.2) is 9.66 Å². The van der Waals surface area contributed by atoms with E-state index in [0.29, 0.717) is 15.4 Å². The maximum atomic E-state index is 12.2. The number of ether oxygens (including phenoxy) is 1. The third-order valence-corrected chi connectivity index (χ3v) is 4.78. The number of methoxy groups -OCH3 is 1. The van der Waals surface area contributed by atoms with Gasteiger partial charge in [-0.15, -0.1) is 11.3 Å². The van der Waals surface area contributed by atoms with Crippen molar-refractivity contribution < 1.29 is 9.53 Å². The fraction of sp³-hybridized carbons (Fsp3) is 0.364. The van der Waals surface area contributed by atoms with Gasteiger partial charge in [0, 0.05) is 4.88 Å². The number of rotatable bonds is 3. The maximum absolute atomic E-state index is 12.2. The van der Waals surface area contributed by atoms with Crippen LogP contribution in [0.4, 0.5) is 0 Å². The van der Waals surface area contributed by atoms with E-state index in [1.165, 1.54) is 18.4 Å². The fourth-order valence-electron chi connectivity index (χ4n) is 1.57. The Bertz CT molecular complexity index is 705. The number of nitrogens with two attached hydrogens (primary N) is 1. The molecule has 0 fully saturated rings. The molecule has 0 aliphatic heterocycles. The topological polar surface area (TPSA) is 87.2 Å². The van der Waals surface area contributed by atoms with Crippen molar-refractivity contribution in [1.29, 1.82) is 0 Å². The lowest BCUT2D eigenvalue weighted by Gasteiger charge is -2.06. The molecule has 0 unspecified atom stereocenters. The van der Waals surface area contributed by atoms with Crippen molar-refractivity contribution in [2.24, 2.45) is 0 Å².